The summed E-state index contributed by atoms with van der Waals surface area (Å²) in [6.07, 6.45) is 2.29. The molecule has 0 bridgehead atoms. The highest BCUT2D eigenvalue weighted by molar-refractivity contribution is 6.31. The van der Waals surface area contributed by atoms with Crippen LogP contribution in [0.25, 0.3) is 0 Å². The van der Waals surface area contributed by atoms with Gasteiger partial charge in [-0.1, -0.05) is 29.8 Å². The van der Waals surface area contributed by atoms with E-state index in [0.29, 0.717) is 10.9 Å². The number of hydrogen-bond acceptors (Lipinski definition) is 2. The van der Waals surface area contributed by atoms with E-state index >= 15 is 0 Å². The number of amides is 1. The molecule has 4 heteroatoms. The van der Waals surface area contributed by atoms with E-state index < -0.39 is 0 Å². The molecule has 0 radical (unpaired) electrons. The number of nitrogens with one attached hydrogen (secondary N) is 1. The molecular formula is C13H13ClN2O. The monoisotopic (exact) mass is 248 g/mol. The van der Waals surface area contributed by atoms with E-state index in [1.807, 2.05) is 18.2 Å². The topological polar surface area (TPSA) is 52.9 Å². The minimum Gasteiger partial charge on any atom is -0.340 e. The van der Waals surface area contributed by atoms with Gasteiger partial charge in [-0.2, -0.15) is 5.26 Å². The molecular weight excluding hydrogens is 236 g/mol. The average molecular weight is 249 g/mol. The Morgan fingerprint density at radius 1 is 1.53 bits per heavy atom. The first-order chi connectivity index (χ1) is 8.20. The Balaban J connectivity index is 1.93. The first-order valence-corrected chi connectivity index (χ1v) is 6.01. The Kier molecular flexibility index (Phi) is 3.65. The number of carbonyl (C=O) groups excluding carboxylic acids is 1. The van der Waals surface area contributed by atoms with E-state index in [1.165, 1.54) is 0 Å². The van der Waals surface area contributed by atoms with E-state index in [1.54, 1.807) is 6.07 Å². The predicted molar refractivity (Wildman–Crippen MR) is 65.4 cm³/mol. The van der Waals surface area contributed by atoms with Crippen molar-refractivity contribution in [2.24, 2.45) is 5.92 Å². The third-order valence-corrected chi connectivity index (χ3v) is 3.23. The van der Waals surface area contributed by atoms with Gasteiger partial charge in [0.1, 0.15) is 6.04 Å². The van der Waals surface area contributed by atoms with Crippen molar-refractivity contribution in [2.75, 3.05) is 0 Å². The van der Waals surface area contributed by atoms with Crippen LogP contribution in [0.4, 0.5) is 0 Å². The van der Waals surface area contributed by atoms with Crippen molar-refractivity contribution in [1.29, 1.82) is 5.26 Å². The van der Waals surface area contributed by atoms with Gasteiger partial charge in [-0.3, -0.25) is 4.79 Å². The van der Waals surface area contributed by atoms with Crippen LogP contribution in [0.5, 0.6) is 0 Å². The van der Waals surface area contributed by atoms with Crippen LogP contribution in [0.2, 0.25) is 5.02 Å². The molecule has 88 valence electrons. The Bertz CT molecular complexity index is 463. The Morgan fingerprint density at radius 3 is 2.82 bits per heavy atom. The lowest BCUT2D eigenvalue weighted by Gasteiger charge is -2.10. The molecule has 0 saturated heterocycles. The van der Waals surface area contributed by atoms with E-state index in [4.69, 9.17) is 16.9 Å². The highest BCUT2D eigenvalue weighted by atomic mass is 35.5. The molecule has 2 rings (SSSR count). The second-order valence-electron chi connectivity index (χ2n) is 4.28. The summed E-state index contributed by atoms with van der Waals surface area (Å²) in [5, 5.41) is 12.2. The quantitative estimate of drug-likeness (QED) is 0.889. The molecule has 1 saturated carbocycles. The molecule has 0 aliphatic heterocycles. The maximum absolute atomic E-state index is 11.7. The van der Waals surface area contributed by atoms with Crippen molar-refractivity contribution in [3.63, 3.8) is 0 Å². The van der Waals surface area contributed by atoms with Gasteiger partial charge >= 0.3 is 0 Å². The summed E-state index contributed by atoms with van der Waals surface area (Å²) in [5.74, 6) is 0.201. The predicted octanol–water partition coefficient (Wildman–Crippen LogP) is 2.30. The van der Waals surface area contributed by atoms with Gasteiger partial charge < -0.3 is 5.32 Å². The number of nitrogens with zero attached hydrogens (tertiary/aromatic N) is 1. The fraction of sp³-hybridized carbons (Fsp3) is 0.385. The molecule has 0 aromatic heterocycles. The molecule has 1 unspecified atom stereocenters. The number of rotatable bonds is 4. The summed E-state index contributed by atoms with van der Waals surface area (Å²) in [7, 11) is 0. The summed E-state index contributed by atoms with van der Waals surface area (Å²) < 4.78 is 0. The minimum atomic E-state index is -0.343. The molecule has 0 spiro atoms. The molecule has 1 amide bonds. The maximum Gasteiger partial charge on any atom is 0.225 e. The number of halogens is 1. The molecule has 1 aliphatic rings. The number of hydrogen-bond donors (Lipinski definition) is 1. The molecule has 1 atom stereocenters. The average Bonchev–Trinajstić information content (AvgIpc) is 3.13. The van der Waals surface area contributed by atoms with Crippen molar-refractivity contribution in [1.82, 2.24) is 5.32 Å². The van der Waals surface area contributed by atoms with Gasteiger partial charge in [0, 0.05) is 5.02 Å². The van der Waals surface area contributed by atoms with Crippen LogP contribution in [-0.4, -0.2) is 11.9 Å². The van der Waals surface area contributed by atoms with E-state index in [0.717, 1.165) is 18.4 Å². The number of carbonyl (C=O) groups is 1. The molecule has 1 aromatic carbocycles. The zero-order valence-electron chi connectivity index (χ0n) is 9.32. The lowest BCUT2D eigenvalue weighted by Crippen LogP contribution is -2.36. The lowest BCUT2D eigenvalue weighted by atomic mass is 10.1. The van der Waals surface area contributed by atoms with E-state index in [-0.39, 0.29) is 18.4 Å². The highest BCUT2D eigenvalue weighted by Crippen LogP contribution is 2.32. The Labute approximate surface area is 105 Å². The zero-order valence-corrected chi connectivity index (χ0v) is 10.1. The van der Waals surface area contributed by atoms with Crippen molar-refractivity contribution in [3.8, 4) is 6.07 Å². The van der Waals surface area contributed by atoms with Crippen LogP contribution in [0, 0.1) is 17.2 Å². The van der Waals surface area contributed by atoms with E-state index in [2.05, 4.69) is 11.4 Å². The van der Waals surface area contributed by atoms with Crippen molar-refractivity contribution >= 4 is 17.5 Å². The Morgan fingerprint density at radius 2 is 2.24 bits per heavy atom. The molecule has 1 aromatic rings. The molecule has 1 aliphatic carbocycles. The first-order valence-electron chi connectivity index (χ1n) is 5.63. The first kappa shape index (κ1) is 11.9. The molecule has 0 heterocycles. The van der Waals surface area contributed by atoms with Gasteiger partial charge in [0.05, 0.1) is 12.5 Å². The van der Waals surface area contributed by atoms with Crippen molar-refractivity contribution in [2.45, 2.75) is 25.3 Å². The van der Waals surface area contributed by atoms with Gasteiger partial charge in [0.25, 0.3) is 0 Å². The Hall–Kier alpha value is -1.53. The third-order valence-electron chi connectivity index (χ3n) is 2.86. The second kappa shape index (κ2) is 5.20. The number of nitriles is 1. The van der Waals surface area contributed by atoms with Gasteiger partial charge in [-0.05, 0) is 30.4 Å². The fourth-order valence-electron chi connectivity index (χ4n) is 1.72. The lowest BCUT2D eigenvalue weighted by molar-refractivity contribution is -0.120. The molecule has 3 nitrogen and oxygen atoms in total. The van der Waals surface area contributed by atoms with Gasteiger partial charge in [0.2, 0.25) is 5.91 Å². The standard InChI is InChI=1S/C13H13ClN2O/c14-11-4-2-1-3-10(11)7-13(17)16-12(8-15)9-5-6-9/h1-4,9,12H,5-7H2,(H,16,17). The van der Waals surface area contributed by atoms with Crippen molar-refractivity contribution in [3.05, 3.63) is 34.9 Å². The van der Waals surface area contributed by atoms with Crippen LogP contribution in [0.3, 0.4) is 0 Å². The minimum absolute atomic E-state index is 0.142. The van der Waals surface area contributed by atoms with Crippen LogP contribution in [0.15, 0.2) is 24.3 Å². The molecule has 1 N–H and O–H groups in total. The van der Waals surface area contributed by atoms with Crippen LogP contribution < -0.4 is 5.32 Å². The molecule has 1 fully saturated rings. The maximum atomic E-state index is 11.7. The van der Waals surface area contributed by atoms with Crippen molar-refractivity contribution < 1.29 is 4.79 Å². The second-order valence-corrected chi connectivity index (χ2v) is 4.69. The van der Waals surface area contributed by atoms with E-state index in [9.17, 15) is 4.79 Å². The normalized spacial score (nSPS) is 16.0. The summed E-state index contributed by atoms with van der Waals surface area (Å²) in [4.78, 5) is 11.7. The van der Waals surface area contributed by atoms with Gasteiger partial charge in [-0.15, -0.1) is 0 Å². The van der Waals surface area contributed by atoms with Crippen LogP contribution >= 0.6 is 11.6 Å². The summed E-state index contributed by atoms with van der Waals surface area (Å²) in [5.41, 5.74) is 0.791. The highest BCUT2D eigenvalue weighted by Gasteiger charge is 2.32. The largest absolute Gasteiger partial charge is 0.340 e. The number of benzene rings is 1. The van der Waals surface area contributed by atoms with Crippen LogP contribution in [0.1, 0.15) is 18.4 Å². The van der Waals surface area contributed by atoms with Crippen LogP contribution in [-0.2, 0) is 11.2 Å². The third kappa shape index (κ3) is 3.21. The zero-order chi connectivity index (χ0) is 12.3. The van der Waals surface area contributed by atoms with Gasteiger partial charge in [-0.25, -0.2) is 0 Å². The molecule has 17 heavy (non-hydrogen) atoms. The smallest absolute Gasteiger partial charge is 0.225 e. The summed E-state index contributed by atoms with van der Waals surface area (Å²) in [6.45, 7) is 0. The summed E-state index contributed by atoms with van der Waals surface area (Å²) in [6, 6.07) is 9.03. The summed E-state index contributed by atoms with van der Waals surface area (Å²) >= 11 is 5.97. The fourth-order valence-corrected chi connectivity index (χ4v) is 1.93. The SMILES string of the molecule is N#CC(NC(=O)Cc1ccccc1Cl)C1CC1. The van der Waals surface area contributed by atoms with Gasteiger partial charge in [0.15, 0.2) is 0 Å².